The van der Waals surface area contributed by atoms with Gasteiger partial charge < -0.3 is 14.4 Å². The van der Waals surface area contributed by atoms with Gasteiger partial charge in [0, 0.05) is 18.7 Å². The summed E-state index contributed by atoms with van der Waals surface area (Å²) in [7, 11) is 0. The van der Waals surface area contributed by atoms with Crippen molar-refractivity contribution in [3.05, 3.63) is 24.3 Å². The van der Waals surface area contributed by atoms with Crippen LogP contribution in [0.15, 0.2) is 24.3 Å². The maximum Gasteiger partial charge on any atom is 0.422 e. The van der Waals surface area contributed by atoms with Crippen molar-refractivity contribution >= 4 is 11.7 Å². The molecule has 3 aliphatic rings. The number of ether oxygens (including phenoxy) is 2. The number of amides is 2. The SMILES string of the molecule is O=C1N(c2ccc(OCC(F)(F)F)cc2)C[C@@H]2C[C@@]3(CO3)CN12. The number of carbonyl (C=O) groups is 1. The van der Waals surface area contributed by atoms with Crippen LogP contribution in [0, 0.1) is 0 Å². The van der Waals surface area contributed by atoms with Crippen LogP contribution in [0.25, 0.3) is 0 Å². The quantitative estimate of drug-likeness (QED) is 0.801. The van der Waals surface area contributed by atoms with E-state index in [1.165, 1.54) is 12.1 Å². The summed E-state index contributed by atoms with van der Waals surface area (Å²) in [5.74, 6) is 0.128. The van der Waals surface area contributed by atoms with E-state index < -0.39 is 12.8 Å². The second-order valence-electron chi connectivity index (χ2n) is 6.25. The fourth-order valence-corrected chi connectivity index (χ4v) is 3.29. The molecule has 3 aliphatic heterocycles. The topological polar surface area (TPSA) is 45.3 Å². The number of urea groups is 1. The van der Waals surface area contributed by atoms with Gasteiger partial charge in [0.1, 0.15) is 11.4 Å². The van der Waals surface area contributed by atoms with E-state index in [2.05, 4.69) is 4.74 Å². The lowest BCUT2D eigenvalue weighted by atomic mass is 10.1. The van der Waals surface area contributed by atoms with Crippen molar-refractivity contribution in [3.63, 3.8) is 0 Å². The highest BCUT2D eigenvalue weighted by molar-refractivity contribution is 5.95. The number of epoxide rings is 1. The van der Waals surface area contributed by atoms with Crippen molar-refractivity contribution in [1.29, 1.82) is 0 Å². The van der Waals surface area contributed by atoms with Crippen LogP contribution in [0.2, 0.25) is 0 Å². The zero-order valence-corrected chi connectivity index (χ0v) is 12.2. The smallest absolute Gasteiger partial charge is 0.422 e. The molecule has 0 bridgehead atoms. The summed E-state index contributed by atoms with van der Waals surface area (Å²) in [5, 5.41) is 0. The second-order valence-corrected chi connectivity index (χ2v) is 6.25. The number of carbonyl (C=O) groups excluding carboxylic acids is 1. The van der Waals surface area contributed by atoms with E-state index in [-0.39, 0.29) is 23.4 Å². The largest absolute Gasteiger partial charge is 0.484 e. The minimum absolute atomic E-state index is 0.0775. The summed E-state index contributed by atoms with van der Waals surface area (Å²) in [6.07, 6.45) is -3.52. The molecular weight excluding hydrogens is 313 g/mol. The Labute approximate surface area is 130 Å². The zero-order chi connectivity index (χ0) is 16.2. The lowest BCUT2D eigenvalue weighted by molar-refractivity contribution is -0.153. The summed E-state index contributed by atoms with van der Waals surface area (Å²) in [5.41, 5.74) is 0.552. The van der Waals surface area contributed by atoms with Crippen LogP contribution in [0.5, 0.6) is 5.75 Å². The first-order valence-corrected chi connectivity index (χ1v) is 7.37. The lowest BCUT2D eigenvalue weighted by Gasteiger charge is -2.18. The van der Waals surface area contributed by atoms with E-state index in [4.69, 9.17) is 4.74 Å². The second kappa shape index (κ2) is 4.77. The summed E-state index contributed by atoms with van der Waals surface area (Å²) in [6, 6.07) is 6.18. The standard InChI is InChI=1S/C15H15F3N2O3/c16-15(17,18)9-22-12-3-1-10(2-4-12)19-6-11-5-14(8-23-14)7-20(11)13(19)21/h1-4,11H,5-9H2/t11-,14-/m0/s1. The van der Waals surface area contributed by atoms with E-state index in [0.717, 1.165) is 13.0 Å². The van der Waals surface area contributed by atoms with E-state index in [0.29, 0.717) is 18.8 Å². The average molecular weight is 328 g/mol. The molecule has 0 saturated carbocycles. The highest BCUT2D eigenvalue weighted by Crippen LogP contribution is 2.44. The van der Waals surface area contributed by atoms with E-state index >= 15 is 0 Å². The minimum atomic E-state index is -4.37. The Kier molecular flexibility index (Phi) is 3.03. The van der Waals surface area contributed by atoms with Gasteiger partial charge >= 0.3 is 12.2 Å². The minimum Gasteiger partial charge on any atom is -0.484 e. The monoisotopic (exact) mass is 328 g/mol. The Hall–Kier alpha value is -1.96. The molecule has 0 aliphatic carbocycles. The van der Waals surface area contributed by atoms with Crippen LogP contribution >= 0.6 is 0 Å². The van der Waals surface area contributed by atoms with Crippen molar-refractivity contribution in [1.82, 2.24) is 4.90 Å². The number of alkyl halides is 3. The number of hydrogen-bond donors (Lipinski definition) is 0. The van der Waals surface area contributed by atoms with Gasteiger partial charge in [0.2, 0.25) is 0 Å². The molecule has 8 heteroatoms. The van der Waals surface area contributed by atoms with Gasteiger partial charge in [-0.05, 0) is 24.3 Å². The number of benzene rings is 1. The highest BCUT2D eigenvalue weighted by atomic mass is 19.4. The average Bonchev–Trinajstić information content (AvgIpc) is 3.05. The van der Waals surface area contributed by atoms with Crippen molar-refractivity contribution in [2.24, 2.45) is 0 Å². The molecule has 1 spiro atoms. The Morgan fingerprint density at radius 1 is 1.30 bits per heavy atom. The zero-order valence-electron chi connectivity index (χ0n) is 12.2. The molecule has 2 amide bonds. The molecule has 0 unspecified atom stereocenters. The summed E-state index contributed by atoms with van der Waals surface area (Å²) in [6.45, 7) is 0.595. The maximum absolute atomic E-state index is 12.5. The third-order valence-electron chi connectivity index (χ3n) is 4.48. The van der Waals surface area contributed by atoms with Crippen molar-refractivity contribution in [2.45, 2.75) is 24.2 Å². The maximum atomic E-state index is 12.5. The molecule has 23 heavy (non-hydrogen) atoms. The molecular formula is C15H15F3N2O3. The van der Waals surface area contributed by atoms with E-state index in [1.54, 1.807) is 17.0 Å². The van der Waals surface area contributed by atoms with Gasteiger partial charge in [0.25, 0.3) is 0 Å². The third kappa shape index (κ3) is 2.71. The van der Waals surface area contributed by atoms with Crippen LogP contribution in [-0.4, -0.2) is 55.1 Å². The van der Waals surface area contributed by atoms with E-state index in [9.17, 15) is 18.0 Å². The molecule has 0 N–H and O–H groups in total. The molecule has 3 fully saturated rings. The molecule has 1 aromatic rings. The molecule has 2 atom stereocenters. The number of anilines is 1. The summed E-state index contributed by atoms with van der Waals surface area (Å²) in [4.78, 5) is 15.9. The Bertz CT molecular complexity index is 628. The molecule has 3 heterocycles. The molecule has 4 rings (SSSR count). The Morgan fingerprint density at radius 2 is 2.00 bits per heavy atom. The normalized spacial score (nSPS) is 29.3. The Balaban J connectivity index is 1.42. The van der Waals surface area contributed by atoms with Gasteiger partial charge in [-0.15, -0.1) is 0 Å². The molecule has 0 aromatic heterocycles. The van der Waals surface area contributed by atoms with Crippen molar-refractivity contribution < 1.29 is 27.4 Å². The molecule has 5 nitrogen and oxygen atoms in total. The number of fused-ring (bicyclic) bond motifs is 1. The van der Waals surface area contributed by atoms with Crippen LogP contribution in [0.1, 0.15) is 6.42 Å². The number of rotatable bonds is 3. The summed E-state index contributed by atoms with van der Waals surface area (Å²) < 4.78 is 46.5. The van der Waals surface area contributed by atoms with Crippen LogP contribution < -0.4 is 9.64 Å². The van der Waals surface area contributed by atoms with Crippen LogP contribution in [-0.2, 0) is 4.74 Å². The first-order chi connectivity index (χ1) is 10.9. The molecule has 3 saturated heterocycles. The lowest BCUT2D eigenvalue weighted by Crippen LogP contribution is -2.34. The number of hydrogen-bond acceptors (Lipinski definition) is 3. The number of halogens is 3. The van der Waals surface area contributed by atoms with Gasteiger partial charge in [-0.2, -0.15) is 13.2 Å². The van der Waals surface area contributed by atoms with Crippen LogP contribution in [0.3, 0.4) is 0 Å². The van der Waals surface area contributed by atoms with E-state index in [1.807, 2.05) is 4.90 Å². The van der Waals surface area contributed by atoms with Gasteiger partial charge in [-0.25, -0.2) is 4.79 Å². The van der Waals surface area contributed by atoms with Crippen molar-refractivity contribution in [2.75, 3.05) is 31.2 Å². The predicted octanol–water partition coefficient (Wildman–Crippen LogP) is 2.41. The van der Waals surface area contributed by atoms with Gasteiger partial charge in [-0.3, -0.25) is 4.90 Å². The predicted molar refractivity (Wildman–Crippen MR) is 74.5 cm³/mol. The molecule has 0 radical (unpaired) electrons. The van der Waals surface area contributed by atoms with Gasteiger partial charge in [0.15, 0.2) is 6.61 Å². The van der Waals surface area contributed by atoms with Gasteiger partial charge in [-0.1, -0.05) is 0 Å². The first kappa shape index (κ1) is 14.6. The summed E-state index contributed by atoms with van der Waals surface area (Å²) >= 11 is 0. The highest BCUT2D eigenvalue weighted by Gasteiger charge is 2.58. The fourth-order valence-electron chi connectivity index (χ4n) is 3.29. The third-order valence-corrected chi connectivity index (χ3v) is 4.48. The first-order valence-electron chi connectivity index (χ1n) is 7.37. The Morgan fingerprint density at radius 3 is 2.57 bits per heavy atom. The van der Waals surface area contributed by atoms with Crippen LogP contribution in [0.4, 0.5) is 23.7 Å². The van der Waals surface area contributed by atoms with Gasteiger partial charge in [0.05, 0.1) is 19.2 Å². The fraction of sp³-hybridized carbons (Fsp3) is 0.533. The molecule has 1 aromatic carbocycles. The van der Waals surface area contributed by atoms with Crippen molar-refractivity contribution in [3.8, 4) is 5.75 Å². The number of nitrogens with zero attached hydrogens (tertiary/aromatic N) is 2. The molecule has 124 valence electrons.